The van der Waals surface area contributed by atoms with E-state index in [0.29, 0.717) is 0 Å². The van der Waals surface area contributed by atoms with Gasteiger partial charge in [0.1, 0.15) is 6.10 Å². The molecule has 21 heteroatoms. The van der Waals surface area contributed by atoms with Gasteiger partial charge < -0.3 is 45.5 Å². The highest BCUT2D eigenvalue weighted by molar-refractivity contribution is 6.17. The van der Waals surface area contributed by atoms with Gasteiger partial charge in [0.15, 0.2) is 0 Å². The third-order valence-electron chi connectivity index (χ3n) is 8.61. The van der Waals surface area contributed by atoms with Gasteiger partial charge in [0, 0.05) is 93.5 Å². The molecular formula is C36H50N6O15. The van der Waals surface area contributed by atoms with E-state index in [1.807, 2.05) is 0 Å². The number of hydrogen-bond donors (Lipinski definition) is 6. The van der Waals surface area contributed by atoms with Gasteiger partial charge in [-0.2, -0.15) is 0 Å². The molecule has 0 saturated heterocycles. The van der Waals surface area contributed by atoms with E-state index in [4.69, 9.17) is 14.2 Å². The number of rotatable bonds is 26. The van der Waals surface area contributed by atoms with E-state index in [-0.39, 0.29) is 108 Å². The zero-order valence-corrected chi connectivity index (χ0v) is 32.0. The lowest BCUT2D eigenvalue weighted by Gasteiger charge is -2.22. The van der Waals surface area contributed by atoms with E-state index in [1.165, 1.54) is 39.0 Å². The van der Waals surface area contributed by atoms with Crippen LogP contribution in [0.3, 0.4) is 0 Å². The second-order valence-electron chi connectivity index (χ2n) is 13.5. The molecule has 0 aromatic carbocycles. The largest absolute Gasteiger partial charge is 0.389 e. The van der Waals surface area contributed by atoms with Crippen molar-refractivity contribution in [3.63, 3.8) is 0 Å². The molecular weight excluding hydrogens is 756 g/mol. The third-order valence-corrected chi connectivity index (χ3v) is 8.61. The standard InChI is InChI=1S/C36H50N6O15/c1-21-10-31(49)40(34(21)52)7-4-28(46)37-13-24(43)16-55-19-27(57-18-26(45)15-39-30(48)6-9-42-33(51)12-23(3)36(42)54)20-56-17-25(44)14-38-29(47)5-8-41-32(50)11-22(2)35(41)53/h10-12,24-27,43-45H,4-9,13-20H2,1-3H3,(H,37,46)(H,38,47)(H,39,48). The van der Waals surface area contributed by atoms with Crippen molar-refractivity contribution in [2.45, 2.75) is 64.4 Å². The molecule has 9 amide bonds. The van der Waals surface area contributed by atoms with Gasteiger partial charge in [-0.3, -0.25) is 57.9 Å². The molecule has 0 fully saturated rings. The summed E-state index contributed by atoms with van der Waals surface area (Å²) in [7, 11) is 0. The maximum atomic E-state index is 12.3. The van der Waals surface area contributed by atoms with E-state index in [2.05, 4.69) is 16.0 Å². The summed E-state index contributed by atoms with van der Waals surface area (Å²) in [5.74, 6) is -4.52. The molecule has 0 spiro atoms. The first-order valence-electron chi connectivity index (χ1n) is 18.2. The Morgan fingerprint density at radius 2 is 0.825 bits per heavy atom. The minimum absolute atomic E-state index is 0.127. The lowest BCUT2D eigenvalue weighted by atomic mass is 10.3. The van der Waals surface area contributed by atoms with Gasteiger partial charge in [0.25, 0.3) is 35.4 Å². The van der Waals surface area contributed by atoms with Crippen molar-refractivity contribution >= 4 is 53.2 Å². The quantitative estimate of drug-likeness (QED) is 0.0454. The molecule has 3 aliphatic rings. The fourth-order valence-electron chi connectivity index (χ4n) is 5.39. The molecule has 0 saturated carbocycles. The average Bonchev–Trinajstić information content (AvgIpc) is 3.67. The summed E-state index contributed by atoms with van der Waals surface area (Å²) in [6.07, 6.45) is -1.44. The predicted octanol–water partition coefficient (Wildman–Crippen LogP) is -4.05. The maximum absolute atomic E-state index is 12.3. The fourth-order valence-corrected chi connectivity index (χ4v) is 5.39. The van der Waals surface area contributed by atoms with Crippen LogP contribution in [0.1, 0.15) is 40.0 Å². The van der Waals surface area contributed by atoms with Gasteiger partial charge in [0.05, 0.1) is 51.3 Å². The zero-order chi connectivity index (χ0) is 42.2. The molecule has 3 aliphatic heterocycles. The Morgan fingerprint density at radius 1 is 0.526 bits per heavy atom. The molecule has 57 heavy (non-hydrogen) atoms. The number of ether oxygens (including phenoxy) is 3. The van der Waals surface area contributed by atoms with Crippen molar-refractivity contribution in [2.75, 3.05) is 72.3 Å². The zero-order valence-electron chi connectivity index (χ0n) is 32.0. The summed E-state index contributed by atoms with van der Waals surface area (Å²) in [6, 6.07) is 0. The van der Waals surface area contributed by atoms with Gasteiger partial charge >= 0.3 is 0 Å². The van der Waals surface area contributed by atoms with Crippen LogP contribution < -0.4 is 16.0 Å². The summed E-state index contributed by atoms with van der Waals surface area (Å²) in [5, 5.41) is 38.5. The van der Waals surface area contributed by atoms with Crippen LogP contribution in [0.2, 0.25) is 0 Å². The molecule has 3 rings (SSSR count). The molecule has 314 valence electrons. The molecule has 3 atom stereocenters. The van der Waals surface area contributed by atoms with Crippen LogP contribution in [0, 0.1) is 0 Å². The molecule has 0 aromatic rings. The molecule has 21 nitrogen and oxygen atoms in total. The van der Waals surface area contributed by atoms with Crippen LogP contribution >= 0.6 is 0 Å². The Hall–Kier alpha value is -5.19. The number of carbonyl (C=O) groups excluding carboxylic acids is 9. The molecule has 0 aliphatic carbocycles. The van der Waals surface area contributed by atoms with Crippen LogP contribution in [-0.2, 0) is 57.4 Å². The van der Waals surface area contributed by atoms with Crippen molar-refractivity contribution in [3.8, 4) is 0 Å². The highest BCUT2D eigenvalue weighted by Gasteiger charge is 2.30. The summed E-state index contributed by atoms with van der Waals surface area (Å²) in [6.45, 7) is 2.15. The molecule has 6 N–H and O–H groups in total. The molecule has 0 radical (unpaired) electrons. The summed E-state index contributed by atoms with van der Waals surface area (Å²) < 4.78 is 16.8. The number of imide groups is 3. The Kier molecular flexibility index (Phi) is 18.3. The van der Waals surface area contributed by atoms with Gasteiger partial charge in [-0.1, -0.05) is 0 Å². The average molecular weight is 807 g/mol. The van der Waals surface area contributed by atoms with Crippen molar-refractivity contribution in [1.82, 2.24) is 30.7 Å². The van der Waals surface area contributed by atoms with Crippen molar-refractivity contribution in [3.05, 3.63) is 34.9 Å². The minimum atomic E-state index is -1.21. The maximum Gasteiger partial charge on any atom is 0.256 e. The van der Waals surface area contributed by atoms with E-state index >= 15 is 0 Å². The summed E-state index contributed by atoms with van der Waals surface area (Å²) in [4.78, 5) is 111. The molecule has 0 aromatic heterocycles. The van der Waals surface area contributed by atoms with Gasteiger partial charge in [-0.25, -0.2) is 0 Å². The third kappa shape index (κ3) is 15.0. The summed E-state index contributed by atoms with van der Waals surface area (Å²) in [5.41, 5.74) is 0.815. The second-order valence-corrected chi connectivity index (χ2v) is 13.5. The van der Waals surface area contributed by atoms with Gasteiger partial charge in [-0.05, 0) is 20.8 Å². The van der Waals surface area contributed by atoms with E-state index < -0.39 is 77.6 Å². The molecule has 0 bridgehead atoms. The number of amides is 9. The van der Waals surface area contributed by atoms with Crippen LogP contribution in [0.4, 0.5) is 0 Å². The topological polar surface area (TPSA) is 288 Å². The number of nitrogens with one attached hydrogen (secondary N) is 3. The van der Waals surface area contributed by atoms with Crippen molar-refractivity contribution in [1.29, 1.82) is 0 Å². The number of aliphatic hydroxyl groups is 3. The van der Waals surface area contributed by atoms with Crippen molar-refractivity contribution < 1.29 is 72.7 Å². The smallest absolute Gasteiger partial charge is 0.256 e. The lowest BCUT2D eigenvalue weighted by molar-refractivity contribution is -0.139. The first-order chi connectivity index (χ1) is 27.0. The fraction of sp³-hybridized carbons (Fsp3) is 0.583. The number of nitrogens with zero attached hydrogens (tertiary/aromatic N) is 3. The second kappa shape index (κ2) is 22.5. The predicted molar refractivity (Wildman–Crippen MR) is 194 cm³/mol. The number of aliphatic hydroxyl groups excluding tert-OH is 3. The molecule has 3 unspecified atom stereocenters. The highest BCUT2D eigenvalue weighted by Crippen LogP contribution is 2.14. The van der Waals surface area contributed by atoms with E-state index in [9.17, 15) is 58.5 Å². The van der Waals surface area contributed by atoms with Crippen LogP contribution in [0.15, 0.2) is 34.9 Å². The van der Waals surface area contributed by atoms with E-state index in [1.54, 1.807) is 0 Å². The van der Waals surface area contributed by atoms with Crippen LogP contribution in [0.5, 0.6) is 0 Å². The van der Waals surface area contributed by atoms with Crippen LogP contribution in [-0.4, -0.2) is 180 Å². The van der Waals surface area contributed by atoms with E-state index in [0.717, 1.165) is 14.7 Å². The Labute approximate surface area is 328 Å². The van der Waals surface area contributed by atoms with Crippen LogP contribution in [0.25, 0.3) is 0 Å². The monoisotopic (exact) mass is 806 g/mol. The first-order valence-corrected chi connectivity index (χ1v) is 18.2. The Balaban J connectivity index is 1.39. The van der Waals surface area contributed by atoms with Gasteiger partial charge in [-0.15, -0.1) is 0 Å². The first kappa shape index (κ1) is 46.2. The summed E-state index contributed by atoms with van der Waals surface area (Å²) >= 11 is 0. The van der Waals surface area contributed by atoms with Gasteiger partial charge in [0.2, 0.25) is 17.7 Å². The minimum Gasteiger partial charge on any atom is -0.389 e. The SMILES string of the molecule is CC1=CC(=O)N(CCC(=O)NCC(O)COCC(COCC(O)CNC(=O)CCN2C(=O)C=C(C)C2=O)OCC(O)CNC(=O)CCN2C(=O)C=C(C)C2=O)C1=O. The van der Waals surface area contributed by atoms with Crippen molar-refractivity contribution in [2.24, 2.45) is 0 Å². The Bertz CT molecular complexity index is 1580. The molecule has 3 heterocycles. The Morgan fingerprint density at radius 3 is 1.11 bits per heavy atom. The lowest BCUT2D eigenvalue weighted by Crippen LogP contribution is -2.40. The normalized spacial score (nSPS) is 17.8. The highest BCUT2D eigenvalue weighted by atomic mass is 16.6. The number of carbonyl (C=O) groups is 9. The number of hydrogen-bond acceptors (Lipinski definition) is 15.